The van der Waals surface area contributed by atoms with Crippen LogP contribution in [0.15, 0.2) is 60.8 Å². The van der Waals surface area contributed by atoms with Gasteiger partial charge in [-0.1, -0.05) is 67.4 Å². The molecule has 0 saturated heterocycles. The Morgan fingerprint density at radius 1 is 1.03 bits per heavy atom. The van der Waals surface area contributed by atoms with Gasteiger partial charge in [-0.25, -0.2) is 14.8 Å². The summed E-state index contributed by atoms with van der Waals surface area (Å²) in [5, 5.41) is 6.13. The summed E-state index contributed by atoms with van der Waals surface area (Å²) in [7, 11) is 0. The van der Waals surface area contributed by atoms with E-state index in [1.807, 2.05) is 37.3 Å². The van der Waals surface area contributed by atoms with Gasteiger partial charge in [0.2, 0.25) is 0 Å². The molecule has 0 atom stereocenters. The van der Waals surface area contributed by atoms with Crippen LogP contribution in [-0.2, 0) is 13.0 Å². The first kappa shape index (κ1) is 21.8. The number of halogens is 1. The molecule has 0 aliphatic rings. The van der Waals surface area contributed by atoms with Crippen LogP contribution in [0.4, 0.5) is 16.2 Å². The Morgan fingerprint density at radius 3 is 2.50 bits per heavy atom. The molecule has 2 aromatic carbocycles. The van der Waals surface area contributed by atoms with Crippen molar-refractivity contribution in [3.63, 3.8) is 0 Å². The highest BCUT2D eigenvalue weighted by atomic mass is 35.5. The number of imidazole rings is 1. The van der Waals surface area contributed by atoms with Crippen molar-refractivity contribution in [1.82, 2.24) is 14.5 Å². The van der Waals surface area contributed by atoms with Crippen LogP contribution in [0, 0.1) is 6.92 Å². The number of aromatic nitrogens is 3. The lowest BCUT2D eigenvalue weighted by atomic mass is 10.2. The predicted octanol–water partition coefficient (Wildman–Crippen LogP) is 6.43. The first-order valence-electron chi connectivity index (χ1n) is 10.8. The third-order valence-electron chi connectivity index (χ3n) is 5.40. The second kappa shape index (κ2) is 9.83. The zero-order chi connectivity index (χ0) is 22.5. The molecule has 2 amide bonds. The number of amides is 2. The van der Waals surface area contributed by atoms with E-state index in [0.717, 1.165) is 41.8 Å². The fourth-order valence-electron chi connectivity index (χ4n) is 3.64. The Balaban J connectivity index is 1.64. The molecule has 0 radical (unpaired) electrons. The van der Waals surface area contributed by atoms with Gasteiger partial charge in [0, 0.05) is 12.0 Å². The van der Waals surface area contributed by atoms with Gasteiger partial charge in [0.05, 0.1) is 29.1 Å². The minimum atomic E-state index is -0.378. The molecule has 0 spiro atoms. The molecular formula is C25H26ClN5O. The first-order valence-corrected chi connectivity index (χ1v) is 11.2. The van der Waals surface area contributed by atoms with Crippen molar-refractivity contribution in [2.24, 2.45) is 0 Å². The molecule has 0 bridgehead atoms. The highest BCUT2D eigenvalue weighted by Gasteiger charge is 2.17. The Morgan fingerprint density at radius 2 is 1.75 bits per heavy atom. The standard InChI is InChI=1S/C25H26ClN5O/c1-3-4-14-22-30-23-17(2)21(29-25(32)28-20-13-9-8-12-19(20)26)15-27-24(23)31(22)16-18-10-6-5-7-11-18/h5-13,15H,3-4,14,16H2,1-2H3,(H2,28,29,32). The topological polar surface area (TPSA) is 71.8 Å². The highest BCUT2D eigenvalue weighted by molar-refractivity contribution is 6.33. The second-order valence-electron chi connectivity index (χ2n) is 7.73. The zero-order valence-electron chi connectivity index (χ0n) is 18.2. The lowest BCUT2D eigenvalue weighted by Crippen LogP contribution is -2.20. The van der Waals surface area contributed by atoms with Crippen molar-refractivity contribution < 1.29 is 4.79 Å². The van der Waals surface area contributed by atoms with Crippen LogP contribution in [0.25, 0.3) is 11.2 Å². The molecule has 6 nitrogen and oxygen atoms in total. The minimum Gasteiger partial charge on any atom is -0.308 e. The van der Waals surface area contributed by atoms with Crippen LogP contribution in [0.3, 0.4) is 0 Å². The average molecular weight is 448 g/mol. The molecule has 32 heavy (non-hydrogen) atoms. The predicted molar refractivity (Wildman–Crippen MR) is 131 cm³/mol. The van der Waals surface area contributed by atoms with Crippen molar-refractivity contribution in [2.75, 3.05) is 10.6 Å². The van der Waals surface area contributed by atoms with Gasteiger partial charge in [0.1, 0.15) is 11.3 Å². The summed E-state index contributed by atoms with van der Waals surface area (Å²) >= 11 is 6.14. The number of aryl methyl sites for hydroxylation is 2. The zero-order valence-corrected chi connectivity index (χ0v) is 19.0. The monoisotopic (exact) mass is 447 g/mol. The van der Waals surface area contributed by atoms with Crippen LogP contribution >= 0.6 is 11.6 Å². The number of benzene rings is 2. The molecule has 4 rings (SSSR count). The van der Waals surface area contributed by atoms with Gasteiger partial charge in [-0.3, -0.25) is 0 Å². The summed E-state index contributed by atoms with van der Waals surface area (Å²) in [4.78, 5) is 22.1. The number of nitrogens with one attached hydrogen (secondary N) is 2. The second-order valence-corrected chi connectivity index (χ2v) is 8.14. The smallest absolute Gasteiger partial charge is 0.308 e. The molecule has 0 aliphatic carbocycles. The van der Waals surface area contributed by atoms with Crippen molar-refractivity contribution >= 4 is 40.2 Å². The van der Waals surface area contributed by atoms with Crippen LogP contribution in [0.2, 0.25) is 5.02 Å². The van der Waals surface area contributed by atoms with Crippen LogP contribution in [-0.4, -0.2) is 20.6 Å². The number of nitrogens with zero attached hydrogens (tertiary/aromatic N) is 3. The summed E-state index contributed by atoms with van der Waals surface area (Å²) in [5.74, 6) is 1.01. The quantitative estimate of drug-likeness (QED) is 0.343. The van der Waals surface area contributed by atoms with Gasteiger partial charge in [-0.15, -0.1) is 0 Å². The van der Waals surface area contributed by atoms with E-state index in [0.29, 0.717) is 22.9 Å². The Kier molecular flexibility index (Phi) is 6.71. The van der Waals surface area contributed by atoms with E-state index in [1.54, 1.807) is 18.3 Å². The van der Waals surface area contributed by atoms with Gasteiger partial charge in [0.15, 0.2) is 5.65 Å². The van der Waals surface area contributed by atoms with E-state index >= 15 is 0 Å². The molecule has 164 valence electrons. The molecule has 0 unspecified atom stereocenters. The van der Waals surface area contributed by atoms with Crippen LogP contribution in [0.1, 0.15) is 36.7 Å². The third-order valence-corrected chi connectivity index (χ3v) is 5.73. The molecule has 0 fully saturated rings. The first-order chi connectivity index (χ1) is 15.6. The van der Waals surface area contributed by atoms with E-state index in [-0.39, 0.29) is 6.03 Å². The summed E-state index contributed by atoms with van der Waals surface area (Å²) in [6.45, 7) is 4.84. The molecule has 4 aromatic rings. The van der Waals surface area contributed by atoms with E-state index in [9.17, 15) is 4.79 Å². The Labute approximate surface area is 192 Å². The van der Waals surface area contributed by atoms with Crippen molar-refractivity contribution in [1.29, 1.82) is 0 Å². The van der Waals surface area contributed by atoms with Crippen molar-refractivity contribution in [3.8, 4) is 0 Å². The maximum Gasteiger partial charge on any atom is 0.323 e. The SMILES string of the molecule is CCCCc1nc2c(C)c(NC(=O)Nc3ccccc3Cl)cnc2n1Cc1ccccc1. The van der Waals surface area contributed by atoms with Crippen molar-refractivity contribution in [3.05, 3.63) is 82.8 Å². The Bertz CT molecular complexity index is 1240. The maximum absolute atomic E-state index is 12.5. The fourth-order valence-corrected chi connectivity index (χ4v) is 3.83. The number of pyridine rings is 1. The number of unbranched alkanes of at least 4 members (excludes halogenated alkanes) is 1. The molecule has 2 N–H and O–H groups in total. The number of urea groups is 1. The number of rotatable bonds is 7. The van der Waals surface area contributed by atoms with E-state index < -0.39 is 0 Å². The van der Waals surface area contributed by atoms with E-state index in [1.165, 1.54) is 5.56 Å². The Hall–Kier alpha value is -3.38. The summed E-state index contributed by atoms with van der Waals surface area (Å²) in [5.41, 5.74) is 4.89. The van der Waals surface area contributed by atoms with Gasteiger partial charge in [-0.2, -0.15) is 0 Å². The molecule has 7 heteroatoms. The summed E-state index contributed by atoms with van der Waals surface area (Å²) in [6, 6.07) is 17.0. The molecular weight excluding hydrogens is 422 g/mol. The highest BCUT2D eigenvalue weighted by Crippen LogP contribution is 2.26. The van der Waals surface area contributed by atoms with Gasteiger partial charge >= 0.3 is 6.03 Å². The number of anilines is 2. The summed E-state index contributed by atoms with van der Waals surface area (Å²) < 4.78 is 2.18. The van der Waals surface area contributed by atoms with Gasteiger partial charge in [-0.05, 0) is 31.0 Å². The number of carbonyl (C=O) groups is 1. The van der Waals surface area contributed by atoms with Gasteiger partial charge in [0.25, 0.3) is 0 Å². The van der Waals surface area contributed by atoms with Crippen molar-refractivity contribution in [2.45, 2.75) is 39.7 Å². The summed E-state index contributed by atoms with van der Waals surface area (Å²) in [6.07, 6.45) is 4.73. The molecule has 2 aromatic heterocycles. The third kappa shape index (κ3) is 4.75. The number of hydrogen-bond donors (Lipinski definition) is 2. The number of carbonyl (C=O) groups excluding carboxylic acids is 1. The largest absolute Gasteiger partial charge is 0.323 e. The van der Waals surface area contributed by atoms with E-state index in [2.05, 4.69) is 39.2 Å². The maximum atomic E-state index is 12.5. The molecule has 0 saturated carbocycles. The lowest BCUT2D eigenvalue weighted by molar-refractivity contribution is 0.262. The van der Waals surface area contributed by atoms with Crippen LogP contribution < -0.4 is 10.6 Å². The fraction of sp³-hybridized carbons (Fsp3) is 0.240. The normalized spacial score (nSPS) is 11.0. The van der Waals surface area contributed by atoms with Gasteiger partial charge < -0.3 is 15.2 Å². The number of para-hydroxylation sites is 1. The lowest BCUT2D eigenvalue weighted by Gasteiger charge is -2.12. The molecule has 0 aliphatic heterocycles. The molecule has 2 heterocycles. The minimum absolute atomic E-state index is 0.378. The van der Waals surface area contributed by atoms with Crippen LogP contribution in [0.5, 0.6) is 0 Å². The average Bonchev–Trinajstić information content (AvgIpc) is 3.14. The number of hydrogen-bond acceptors (Lipinski definition) is 3. The van der Waals surface area contributed by atoms with E-state index in [4.69, 9.17) is 16.6 Å². The number of fused-ring (bicyclic) bond motifs is 1.